The van der Waals surface area contributed by atoms with E-state index in [1.807, 2.05) is 48.5 Å². The monoisotopic (exact) mass is 322 g/mol. The van der Waals surface area contributed by atoms with Gasteiger partial charge in [-0.15, -0.1) is 0 Å². The number of fused-ring (bicyclic) bond motifs is 1. The first-order valence-corrected chi connectivity index (χ1v) is 8.36. The second-order valence-electron chi connectivity index (χ2n) is 6.06. The lowest BCUT2D eigenvalue weighted by Crippen LogP contribution is -1.94. The molecule has 0 bridgehead atoms. The van der Waals surface area contributed by atoms with Crippen LogP contribution in [0.3, 0.4) is 0 Å². The largest absolute Gasteiger partial charge is 0.228 e. The molecule has 4 rings (SSSR count). The maximum Gasteiger partial charge on any atom is 0.160 e. The van der Waals surface area contributed by atoms with Crippen molar-refractivity contribution < 1.29 is 0 Å². The van der Waals surface area contributed by atoms with Gasteiger partial charge in [-0.1, -0.05) is 84.4 Å². The van der Waals surface area contributed by atoms with E-state index in [9.17, 15) is 0 Å². The molecule has 0 saturated carbocycles. The minimum Gasteiger partial charge on any atom is -0.228 e. The predicted molar refractivity (Wildman–Crippen MR) is 105 cm³/mol. The normalized spacial score (nSPS) is 11.2. The zero-order chi connectivity index (χ0) is 17.1. The molecule has 0 fully saturated rings. The van der Waals surface area contributed by atoms with E-state index < -0.39 is 0 Å². The highest BCUT2D eigenvalue weighted by molar-refractivity contribution is 5.90. The maximum absolute atomic E-state index is 4.81. The Bertz CT molecular complexity index is 1050. The zero-order valence-corrected chi connectivity index (χ0v) is 14.1. The lowest BCUT2D eigenvalue weighted by molar-refractivity contribution is 1.21. The van der Waals surface area contributed by atoms with Gasteiger partial charge in [-0.3, -0.25) is 0 Å². The minimum absolute atomic E-state index is 0.753. The van der Waals surface area contributed by atoms with E-state index in [0.29, 0.717) is 0 Å². The Hall–Kier alpha value is -3.26. The number of hydrogen-bond donors (Lipinski definition) is 0. The highest BCUT2D eigenvalue weighted by atomic mass is 14.9. The van der Waals surface area contributed by atoms with Crippen LogP contribution in [0.25, 0.3) is 34.4 Å². The lowest BCUT2D eigenvalue weighted by Gasteiger charge is -2.06. The fraction of sp³-hybridized carbons (Fsp3) is 0.0435. The first kappa shape index (κ1) is 15.3. The molecular weight excluding hydrogens is 304 g/mol. The van der Waals surface area contributed by atoms with Crippen LogP contribution >= 0.6 is 0 Å². The summed E-state index contributed by atoms with van der Waals surface area (Å²) in [6.45, 7) is 2.10. The molecule has 1 heterocycles. The summed E-state index contributed by atoms with van der Waals surface area (Å²) >= 11 is 0. The van der Waals surface area contributed by atoms with Gasteiger partial charge in [0.1, 0.15) is 0 Å². The average Bonchev–Trinajstić information content (AvgIpc) is 2.66. The smallest absolute Gasteiger partial charge is 0.160 e. The van der Waals surface area contributed by atoms with Crippen LogP contribution in [0, 0.1) is 6.92 Å². The highest BCUT2D eigenvalue weighted by Crippen LogP contribution is 2.23. The van der Waals surface area contributed by atoms with Gasteiger partial charge >= 0.3 is 0 Å². The van der Waals surface area contributed by atoms with E-state index in [2.05, 4.69) is 49.4 Å². The number of hydrogen-bond acceptors (Lipinski definition) is 2. The Balaban J connectivity index is 1.84. The van der Waals surface area contributed by atoms with Gasteiger partial charge in [0.15, 0.2) is 5.82 Å². The van der Waals surface area contributed by atoms with E-state index >= 15 is 0 Å². The second kappa shape index (κ2) is 6.70. The van der Waals surface area contributed by atoms with Crippen LogP contribution in [0.15, 0.2) is 78.9 Å². The van der Waals surface area contributed by atoms with Crippen molar-refractivity contribution in [3.63, 3.8) is 0 Å². The molecule has 25 heavy (non-hydrogen) atoms. The number of aryl methyl sites for hydroxylation is 1. The van der Waals surface area contributed by atoms with Gasteiger partial charge in [0.05, 0.1) is 11.2 Å². The summed E-state index contributed by atoms with van der Waals surface area (Å²) in [5.41, 5.74) is 5.34. The molecule has 0 amide bonds. The van der Waals surface area contributed by atoms with Crippen molar-refractivity contribution in [2.75, 3.05) is 0 Å². The van der Waals surface area contributed by atoms with Gasteiger partial charge < -0.3 is 0 Å². The number of benzene rings is 3. The fourth-order valence-corrected chi connectivity index (χ4v) is 2.89. The van der Waals surface area contributed by atoms with Crippen LogP contribution in [0.1, 0.15) is 16.8 Å². The molecule has 1 aromatic heterocycles. The van der Waals surface area contributed by atoms with Crippen molar-refractivity contribution in [3.8, 4) is 11.4 Å². The molecule has 0 unspecified atom stereocenters. The van der Waals surface area contributed by atoms with Crippen molar-refractivity contribution in [3.05, 3.63) is 95.7 Å². The first-order valence-electron chi connectivity index (χ1n) is 8.36. The Labute approximate surface area is 147 Å². The van der Waals surface area contributed by atoms with E-state index in [0.717, 1.165) is 28.0 Å². The average molecular weight is 322 g/mol. The summed E-state index contributed by atoms with van der Waals surface area (Å²) in [6, 6.07) is 26.7. The van der Waals surface area contributed by atoms with Gasteiger partial charge in [-0.05, 0) is 24.6 Å². The van der Waals surface area contributed by atoms with Crippen molar-refractivity contribution in [2.24, 2.45) is 0 Å². The van der Waals surface area contributed by atoms with Gasteiger partial charge in [0.25, 0.3) is 0 Å². The molecule has 0 aliphatic heterocycles. The first-order chi connectivity index (χ1) is 12.3. The summed E-state index contributed by atoms with van der Waals surface area (Å²) < 4.78 is 0. The third kappa shape index (κ3) is 3.33. The molecule has 0 atom stereocenters. The highest BCUT2D eigenvalue weighted by Gasteiger charge is 2.07. The molecule has 3 aromatic carbocycles. The van der Waals surface area contributed by atoms with Crippen molar-refractivity contribution in [1.29, 1.82) is 0 Å². The van der Waals surface area contributed by atoms with E-state index in [1.165, 1.54) is 11.1 Å². The molecule has 0 aliphatic rings. The predicted octanol–water partition coefficient (Wildman–Crippen LogP) is 5.78. The summed E-state index contributed by atoms with van der Waals surface area (Å²) in [4.78, 5) is 9.54. The minimum atomic E-state index is 0.753. The van der Waals surface area contributed by atoms with E-state index in [1.54, 1.807) is 0 Å². The molecule has 0 N–H and O–H groups in total. The van der Waals surface area contributed by atoms with Crippen LogP contribution in [0.4, 0.5) is 0 Å². The van der Waals surface area contributed by atoms with Crippen LogP contribution in [-0.2, 0) is 0 Å². The van der Waals surface area contributed by atoms with Crippen LogP contribution in [-0.4, -0.2) is 9.97 Å². The Morgan fingerprint density at radius 2 is 1.52 bits per heavy atom. The quantitative estimate of drug-likeness (QED) is 0.478. The van der Waals surface area contributed by atoms with E-state index in [4.69, 9.17) is 9.97 Å². The van der Waals surface area contributed by atoms with E-state index in [-0.39, 0.29) is 0 Å². The molecule has 120 valence electrons. The maximum atomic E-state index is 4.81. The number of nitrogens with zero attached hydrogens (tertiary/aromatic N) is 2. The Morgan fingerprint density at radius 3 is 2.36 bits per heavy atom. The van der Waals surface area contributed by atoms with Gasteiger partial charge in [0.2, 0.25) is 0 Å². The number of para-hydroxylation sites is 1. The Morgan fingerprint density at radius 1 is 0.720 bits per heavy atom. The molecule has 0 radical (unpaired) electrons. The summed E-state index contributed by atoms with van der Waals surface area (Å²) in [6.07, 6.45) is 4.18. The molecular formula is C23H18N2. The van der Waals surface area contributed by atoms with Gasteiger partial charge in [0, 0.05) is 10.9 Å². The summed E-state index contributed by atoms with van der Waals surface area (Å²) in [7, 11) is 0. The van der Waals surface area contributed by atoms with Crippen LogP contribution in [0.5, 0.6) is 0 Å². The van der Waals surface area contributed by atoms with Crippen molar-refractivity contribution in [2.45, 2.75) is 6.92 Å². The number of rotatable bonds is 3. The second-order valence-corrected chi connectivity index (χ2v) is 6.06. The summed E-state index contributed by atoms with van der Waals surface area (Å²) in [5, 5.41) is 1.06. The lowest BCUT2D eigenvalue weighted by atomic mass is 10.1. The van der Waals surface area contributed by atoms with Gasteiger partial charge in [-0.2, -0.15) is 0 Å². The molecule has 0 saturated heterocycles. The molecule has 0 spiro atoms. The molecule has 0 aliphatic carbocycles. The topological polar surface area (TPSA) is 25.8 Å². The summed E-state index contributed by atoms with van der Waals surface area (Å²) in [5.74, 6) is 0.753. The Kier molecular flexibility index (Phi) is 4.09. The molecule has 2 heteroatoms. The molecule has 2 nitrogen and oxygen atoms in total. The standard InChI is InChI=1S/C23H18N2/c1-17-8-7-9-18(16-17)14-15-22-20-12-5-6-13-21(20)24-23(25-22)19-10-3-2-4-11-19/h2-16H,1H3/b15-14+. The third-order valence-electron chi connectivity index (χ3n) is 4.14. The van der Waals surface area contributed by atoms with Crippen LogP contribution in [0.2, 0.25) is 0 Å². The fourth-order valence-electron chi connectivity index (χ4n) is 2.89. The van der Waals surface area contributed by atoms with Gasteiger partial charge in [-0.25, -0.2) is 9.97 Å². The zero-order valence-electron chi connectivity index (χ0n) is 14.1. The molecule has 4 aromatic rings. The van der Waals surface area contributed by atoms with Crippen LogP contribution < -0.4 is 0 Å². The third-order valence-corrected chi connectivity index (χ3v) is 4.14. The van der Waals surface area contributed by atoms with Crippen molar-refractivity contribution in [1.82, 2.24) is 9.97 Å². The number of aromatic nitrogens is 2. The van der Waals surface area contributed by atoms with Crippen molar-refractivity contribution >= 4 is 23.1 Å². The SMILES string of the molecule is Cc1cccc(/C=C/c2nc(-c3ccccc3)nc3ccccc23)c1.